The van der Waals surface area contributed by atoms with Gasteiger partial charge in [-0.3, -0.25) is 13.9 Å². The van der Waals surface area contributed by atoms with E-state index < -0.39 is 16.0 Å². The van der Waals surface area contributed by atoms with E-state index in [1.54, 1.807) is 18.2 Å². The van der Waals surface area contributed by atoms with Crippen molar-refractivity contribution in [1.82, 2.24) is 25.1 Å². The number of nitro groups is 1. The summed E-state index contributed by atoms with van der Waals surface area (Å²) in [5.74, 6) is -0.734. The molecule has 1 aromatic carbocycles. The Labute approximate surface area is 175 Å². The largest absolute Gasteiger partial charge is 0.768 e. The van der Waals surface area contributed by atoms with Gasteiger partial charge in [-0.1, -0.05) is 17.1 Å². The molecular weight excluding hydrogens is 412 g/mol. The van der Waals surface area contributed by atoms with Crippen LogP contribution in [-0.2, 0) is 35.4 Å². The van der Waals surface area contributed by atoms with Gasteiger partial charge in [-0.15, -0.1) is 0 Å². The van der Waals surface area contributed by atoms with Gasteiger partial charge >= 0.3 is 5.95 Å². The molecule has 0 aliphatic carbocycles. The monoisotopic (exact) mass is 435 g/mol. The van der Waals surface area contributed by atoms with Crippen molar-refractivity contribution < 1.29 is 18.5 Å². The molecule has 0 saturated carbocycles. The fourth-order valence-corrected chi connectivity index (χ4v) is 3.73. The molecular formula is C18H23N6O5S-. The van der Waals surface area contributed by atoms with Gasteiger partial charge in [0.15, 0.2) is 6.54 Å². The van der Waals surface area contributed by atoms with Crippen LogP contribution in [0.25, 0.3) is 0 Å². The van der Waals surface area contributed by atoms with Gasteiger partial charge in [0, 0.05) is 37.6 Å². The standard InChI is InChI=1S/C18H24N6O5S/c25-17(20-5-4-14-2-1-3-16(10-14)30(28)29)13-23-15(11-21-18(23)24(26)27)12-22-8-6-19-7-9-22/h1-3,10-11,19H,4-9,12-13H2,(H,20,25)(H,28,29)/p-1. The number of imidazole rings is 1. The number of nitrogens with zero attached hydrogens (tertiary/aromatic N) is 4. The highest BCUT2D eigenvalue weighted by molar-refractivity contribution is 7.79. The van der Waals surface area contributed by atoms with Gasteiger partial charge in [0.25, 0.3) is 5.91 Å². The number of carbonyl (C=O) groups is 1. The second-order valence-electron chi connectivity index (χ2n) is 6.90. The van der Waals surface area contributed by atoms with E-state index in [1.807, 2.05) is 0 Å². The molecule has 1 fully saturated rings. The van der Waals surface area contributed by atoms with E-state index in [-0.39, 0.29) is 29.8 Å². The van der Waals surface area contributed by atoms with Gasteiger partial charge < -0.3 is 25.3 Å². The molecule has 1 saturated heterocycles. The number of aromatic nitrogens is 2. The van der Waals surface area contributed by atoms with Gasteiger partial charge in [-0.2, -0.15) is 0 Å². The third-order valence-electron chi connectivity index (χ3n) is 4.80. The Morgan fingerprint density at radius 2 is 2.10 bits per heavy atom. The quantitative estimate of drug-likeness (QED) is 0.313. The summed E-state index contributed by atoms with van der Waals surface area (Å²) in [5, 5.41) is 17.3. The van der Waals surface area contributed by atoms with Gasteiger partial charge in [0.05, 0.1) is 6.54 Å². The van der Waals surface area contributed by atoms with E-state index in [9.17, 15) is 23.7 Å². The molecule has 12 heteroatoms. The Morgan fingerprint density at radius 3 is 2.80 bits per heavy atom. The van der Waals surface area contributed by atoms with E-state index in [2.05, 4.69) is 20.5 Å². The van der Waals surface area contributed by atoms with E-state index in [0.717, 1.165) is 31.7 Å². The molecule has 1 aromatic heterocycles. The van der Waals surface area contributed by atoms with Gasteiger partial charge in [0.1, 0.15) is 11.9 Å². The molecule has 1 aliphatic rings. The van der Waals surface area contributed by atoms with Crippen molar-refractivity contribution in [2.24, 2.45) is 0 Å². The summed E-state index contributed by atoms with van der Waals surface area (Å²) in [4.78, 5) is 29.3. The lowest BCUT2D eigenvalue weighted by Gasteiger charge is -2.26. The highest BCUT2D eigenvalue weighted by Gasteiger charge is 2.24. The Hall–Kier alpha value is -2.67. The lowest BCUT2D eigenvalue weighted by Crippen LogP contribution is -2.43. The minimum absolute atomic E-state index is 0.186. The van der Waals surface area contributed by atoms with Crippen LogP contribution >= 0.6 is 0 Å². The molecule has 30 heavy (non-hydrogen) atoms. The first-order valence-corrected chi connectivity index (χ1v) is 10.6. The molecule has 0 radical (unpaired) electrons. The molecule has 1 aliphatic heterocycles. The first-order valence-electron chi connectivity index (χ1n) is 9.51. The number of rotatable bonds is 9. The summed E-state index contributed by atoms with van der Waals surface area (Å²) in [7, 11) is 0. The van der Waals surface area contributed by atoms with E-state index >= 15 is 0 Å². The molecule has 162 valence electrons. The second kappa shape index (κ2) is 10.4. The molecule has 2 heterocycles. The zero-order valence-corrected chi connectivity index (χ0v) is 17.1. The maximum absolute atomic E-state index is 12.4. The summed E-state index contributed by atoms with van der Waals surface area (Å²) in [6.07, 6.45) is 1.89. The van der Waals surface area contributed by atoms with Crippen molar-refractivity contribution in [3.8, 4) is 0 Å². The molecule has 11 nitrogen and oxygen atoms in total. The van der Waals surface area contributed by atoms with Crippen LogP contribution in [0.15, 0.2) is 35.4 Å². The second-order valence-corrected chi connectivity index (χ2v) is 7.84. The number of hydrogen-bond donors (Lipinski definition) is 2. The van der Waals surface area contributed by atoms with Crippen LogP contribution in [0.4, 0.5) is 5.95 Å². The van der Waals surface area contributed by atoms with Crippen LogP contribution in [-0.4, -0.2) is 66.8 Å². The minimum atomic E-state index is -2.31. The zero-order chi connectivity index (χ0) is 21.5. The van der Waals surface area contributed by atoms with Crippen LogP contribution in [0, 0.1) is 10.1 Å². The highest BCUT2D eigenvalue weighted by atomic mass is 32.2. The summed E-state index contributed by atoms with van der Waals surface area (Å²) in [6.45, 7) is 3.88. The predicted molar refractivity (Wildman–Crippen MR) is 107 cm³/mol. The van der Waals surface area contributed by atoms with Crippen molar-refractivity contribution in [2.75, 3.05) is 32.7 Å². The summed E-state index contributed by atoms with van der Waals surface area (Å²) in [5.41, 5.74) is 1.38. The summed E-state index contributed by atoms with van der Waals surface area (Å²) >= 11 is -2.31. The van der Waals surface area contributed by atoms with Crippen molar-refractivity contribution in [3.05, 3.63) is 51.8 Å². The molecule has 0 bridgehead atoms. The summed E-state index contributed by atoms with van der Waals surface area (Å²) in [6, 6.07) is 6.44. The molecule has 3 rings (SSSR count). The van der Waals surface area contributed by atoms with Crippen molar-refractivity contribution in [3.63, 3.8) is 0 Å². The van der Waals surface area contributed by atoms with Gasteiger partial charge in [-0.25, -0.2) is 4.57 Å². The Morgan fingerprint density at radius 1 is 1.33 bits per heavy atom. The Balaban J connectivity index is 1.59. The van der Waals surface area contributed by atoms with Crippen molar-refractivity contribution in [2.45, 2.75) is 24.4 Å². The third-order valence-corrected chi connectivity index (χ3v) is 5.44. The first-order chi connectivity index (χ1) is 14.4. The van der Waals surface area contributed by atoms with Crippen molar-refractivity contribution in [1.29, 1.82) is 0 Å². The molecule has 1 atom stereocenters. The van der Waals surface area contributed by atoms with Gasteiger partial charge in [0.2, 0.25) is 0 Å². The summed E-state index contributed by atoms with van der Waals surface area (Å²) < 4.78 is 23.4. The van der Waals surface area contributed by atoms with Crippen molar-refractivity contribution >= 4 is 22.9 Å². The minimum Gasteiger partial charge on any atom is -0.768 e. The lowest BCUT2D eigenvalue weighted by molar-refractivity contribution is -0.396. The number of nitrogens with one attached hydrogen (secondary N) is 2. The highest BCUT2D eigenvalue weighted by Crippen LogP contribution is 2.15. The number of carbonyl (C=O) groups excluding carboxylic acids is 1. The van der Waals surface area contributed by atoms with Crippen LogP contribution < -0.4 is 10.6 Å². The van der Waals surface area contributed by atoms with E-state index in [1.165, 1.54) is 16.8 Å². The molecule has 1 amide bonds. The normalized spacial score (nSPS) is 15.6. The molecule has 2 aromatic rings. The number of amides is 1. The maximum atomic E-state index is 12.4. The Bertz CT molecular complexity index is 928. The molecule has 2 N–H and O–H groups in total. The number of benzene rings is 1. The smallest absolute Gasteiger partial charge is 0.435 e. The average molecular weight is 435 g/mol. The van der Waals surface area contributed by atoms with E-state index in [4.69, 9.17) is 0 Å². The van der Waals surface area contributed by atoms with E-state index in [0.29, 0.717) is 18.7 Å². The topological polar surface area (TPSA) is 145 Å². The lowest BCUT2D eigenvalue weighted by atomic mass is 10.1. The van der Waals surface area contributed by atoms with Crippen LogP contribution in [0.1, 0.15) is 11.3 Å². The number of hydrogen-bond acceptors (Lipinski definition) is 8. The number of piperazine rings is 1. The van der Waals surface area contributed by atoms with Crippen LogP contribution in [0.2, 0.25) is 0 Å². The Kier molecular flexibility index (Phi) is 7.63. The molecule has 0 spiro atoms. The van der Waals surface area contributed by atoms with Gasteiger partial charge in [-0.05, 0) is 40.1 Å². The average Bonchev–Trinajstić information content (AvgIpc) is 3.11. The fourth-order valence-electron chi connectivity index (χ4n) is 3.29. The zero-order valence-electron chi connectivity index (χ0n) is 16.3. The van der Waals surface area contributed by atoms with Crippen LogP contribution in [0.3, 0.4) is 0 Å². The van der Waals surface area contributed by atoms with Crippen LogP contribution in [0.5, 0.6) is 0 Å². The third kappa shape index (κ3) is 5.92. The molecule has 1 unspecified atom stereocenters. The maximum Gasteiger partial charge on any atom is 0.435 e. The predicted octanol–water partition coefficient (Wildman–Crippen LogP) is -0.207. The first kappa shape index (κ1) is 22.0. The fraction of sp³-hybridized carbons (Fsp3) is 0.444. The SMILES string of the molecule is O=C(Cn1c(CN2CCNCC2)cnc1[N+](=O)[O-])NCCc1cccc(S(=O)[O-])c1.